The fourth-order valence-corrected chi connectivity index (χ4v) is 1.14. The van der Waals surface area contributed by atoms with Gasteiger partial charge in [0.2, 0.25) is 0 Å². The zero-order chi connectivity index (χ0) is 11.3. The summed E-state index contributed by atoms with van der Waals surface area (Å²) in [5.74, 6) is 0.543. The molecule has 0 saturated heterocycles. The summed E-state index contributed by atoms with van der Waals surface area (Å²) in [5.41, 5.74) is 6.77. The van der Waals surface area contributed by atoms with E-state index in [1.807, 2.05) is 6.92 Å². The van der Waals surface area contributed by atoms with Crippen LogP contribution in [-0.4, -0.2) is 19.7 Å². The third-order valence-corrected chi connectivity index (χ3v) is 1.81. The van der Waals surface area contributed by atoms with Gasteiger partial charge in [0.25, 0.3) is 0 Å². The van der Waals surface area contributed by atoms with Gasteiger partial charge in [-0.15, -0.1) is 0 Å². The van der Waals surface area contributed by atoms with Crippen LogP contribution < -0.4 is 21.1 Å². The number of nitrogens with two attached hydrogens (primary N) is 1. The Labute approximate surface area is 88.6 Å². The molecule has 0 fully saturated rings. The highest BCUT2D eigenvalue weighted by molar-refractivity contribution is 5.91. The van der Waals surface area contributed by atoms with Crippen molar-refractivity contribution in [3.05, 3.63) is 18.2 Å². The topological polar surface area (TPSA) is 76.4 Å². The van der Waals surface area contributed by atoms with E-state index in [-0.39, 0.29) is 6.03 Å². The first-order valence-electron chi connectivity index (χ1n) is 4.65. The lowest BCUT2D eigenvalue weighted by atomic mass is 10.2. The second-order valence-corrected chi connectivity index (χ2v) is 2.94. The third kappa shape index (κ3) is 3.05. The summed E-state index contributed by atoms with van der Waals surface area (Å²) in [6.07, 6.45) is 0. The molecule has 0 saturated carbocycles. The Morgan fingerprint density at radius 2 is 2.27 bits per heavy atom. The van der Waals surface area contributed by atoms with Gasteiger partial charge >= 0.3 is 6.03 Å². The molecule has 0 bridgehead atoms. The molecule has 5 heteroatoms. The molecule has 1 aromatic rings. The van der Waals surface area contributed by atoms with Gasteiger partial charge in [-0.25, -0.2) is 4.79 Å². The smallest absolute Gasteiger partial charge is 0.319 e. The number of rotatable bonds is 3. The van der Waals surface area contributed by atoms with Gasteiger partial charge < -0.3 is 21.1 Å². The largest absolute Gasteiger partial charge is 0.494 e. The van der Waals surface area contributed by atoms with Crippen molar-refractivity contribution < 1.29 is 9.53 Å². The number of nitrogens with one attached hydrogen (secondary N) is 2. The molecule has 1 aromatic carbocycles. The molecule has 2 amide bonds. The van der Waals surface area contributed by atoms with Crippen LogP contribution in [0.5, 0.6) is 5.75 Å². The van der Waals surface area contributed by atoms with Gasteiger partial charge in [-0.1, -0.05) is 0 Å². The highest BCUT2D eigenvalue weighted by Crippen LogP contribution is 2.26. The van der Waals surface area contributed by atoms with Crippen LogP contribution in [0.25, 0.3) is 0 Å². The normalized spacial score (nSPS) is 9.47. The standard InChI is InChI=1S/C10H15N3O2/c1-3-12-10(14)13-8-5-4-7(11)6-9(8)15-2/h4-6H,3,11H2,1-2H3,(H2,12,13,14). The monoisotopic (exact) mass is 209 g/mol. The molecule has 0 spiro atoms. The van der Waals surface area contributed by atoms with Crippen LogP contribution >= 0.6 is 0 Å². The minimum atomic E-state index is -0.263. The predicted octanol–water partition coefficient (Wildman–Crippen LogP) is 1.42. The number of carbonyl (C=O) groups excluding carboxylic acids is 1. The van der Waals surface area contributed by atoms with Crippen LogP contribution in [0.2, 0.25) is 0 Å². The maximum atomic E-state index is 11.3. The molecule has 1 rings (SSSR count). The quantitative estimate of drug-likeness (QED) is 0.659. The molecule has 0 atom stereocenters. The number of carbonyl (C=O) groups is 1. The second kappa shape index (κ2) is 5.09. The van der Waals surface area contributed by atoms with E-state index in [0.29, 0.717) is 23.7 Å². The number of urea groups is 1. The first kappa shape index (κ1) is 11.2. The Kier molecular flexibility index (Phi) is 3.79. The van der Waals surface area contributed by atoms with E-state index in [0.717, 1.165) is 0 Å². The lowest BCUT2D eigenvalue weighted by Crippen LogP contribution is -2.28. The molecule has 5 nitrogen and oxygen atoms in total. The Hall–Kier alpha value is -1.91. The average molecular weight is 209 g/mol. The van der Waals surface area contributed by atoms with E-state index >= 15 is 0 Å². The van der Waals surface area contributed by atoms with Gasteiger partial charge in [-0.05, 0) is 19.1 Å². The van der Waals surface area contributed by atoms with Gasteiger partial charge in [0, 0.05) is 18.3 Å². The molecule has 0 unspecified atom stereocenters. The molecule has 0 aliphatic carbocycles. The molecule has 4 N–H and O–H groups in total. The number of ether oxygens (including phenoxy) is 1. The summed E-state index contributed by atoms with van der Waals surface area (Å²) in [6.45, 7) is 2.42. The van der Waals surface area contributed by atoms with E-state index in [1.165, 1.54) is 7.11 Å². The van der Waals surface area contributed by atoms with Crippen LogP contribution in [0, 0.1) is 0 Å². The summed E-state index contributed by atoms with van der Waals surface area (Å²) in [5, 5.41) is 5.28. The van der Waals surface area contributed by atoms with Crippen LogP contribution in [0.3, 0.4) is 0 Å². The van der Waals surface area contributed by atoms with E-state index in [2.05, 4.69) is 10.6 Å². The zero-order valence-electron chi connectivity index (χ0n) is 8.83. The van der Waals surface area contributed by atoms with Crippen LogP contribution in [0.15, 0.2) is 18.2 Å². The molecule has 0 aromatic heterocycles. The Bertz CT molecular complexity index is 353. The number of amides is 2. The number of hydrogen-bond donors (Lipinski definition) is 3. The van der Waals surface area contributed by atoms with Crippen molar-refractivity contribution in [3.63, 3.8) is 0 Å². The van der Waals surface area contributed by atoms with Crippen LogP contribution in [0.1, 0.15) is 6.92 Å². The summed E-state index contributed by atoms with van der Waals surface area (Å²) >= 11 is 0. The van der Waals surface area contributed by atoms with Gasteiger partial charge in [-0.2, -0.15) is 0 Å². The number of anilines is 2. The molecule has 15 heavy (non-hydrogen) atoms. The summed E-state index contributed by atoms with van der Waals surface area (Å²) < 4.78 is 5.08. The van der Waals surface area contributed by atoms with Gasteiger partial charge in [0.05, 0.1) is 12.8 Å². The minimum absolute atomic E-state index is 0.263. The van der Waals surface area contributed by atoms with E-state index in [4.69, 9.17) is 10.5 Å². The van der Waals surface area contributed by atoms with Crippen molar-refractivity contribution in [3.8, 4) is 5.75 Å². The second-order valence-electron chi connectivity index (χ2n) is 2.94. The van der Waals surface area contributed by atoms with Crippen LogP contribution in [0.4, 0.5) is 16.2 Å². The van der Waals surface area contributed by atoms with Crippen LogP contribution in [-0.2, 0) is 0 Å². The first-order chi connectivity index (χ1) is 7.17. The highest BCUT2D eigenvalue weighted by Gasteiger charge is 2.06. The van der Waals surface area contributed by atoms with Crippen molar-refractivity contribution >= 4 is 17.4 Å². The Morgan fingerprint density at radius 1 is 1.53 bits per heavy atom. The van der Waals surface area contributed by atoms with E-state index < -0.39 is 0 Å². The van der Waals surface area contributed by atoms with Gasteiger partial charge in [0.1, 0.15) is 5.75 Å². The average Bonchev–Trinajstić information content (AvgIpc) is 2.21. The molecule has 82 valence electrons. The fraction of sp³-hybridized carbons (Fsp3) is 0.300. The maximum Gasteiger partial charge on any atom is 0.319 e. The molecule has 0 heterocycles. The maximum absolute atomic E-state index is 11.3. The minimum Gasteiger partial charge on any atom is -0.494 e. The molecular formula is C10H15N3O2. The zero-order valence-corrected chi connectivity index (χ0v) is 8.83. The molecular weight excluding hydrogens is 194 g/mol. The van der Waals surface area contributed by atoms with E-state index in [1.54, 1.807) is 18.2 Å². The number of nitrogen functional groups attached to an aromatic ring is 1. The SMILES string of the molecule is CCNC(=O)Nc1ccc(N)cc1OC. The first-order valence-corrected chi connectivity index (χ1v) is 4.65. The van der Waals surface area contributed by atoms with Crippen molar-refractivity contribution in [2.45, 2.75) is 6.92 Å². The van der Waals surface area contributed by atoms with E-state index in [9.17, 15) is 4.79 Å². The van der Waals surface area contributed by atoms with Gasteiger partial charge in [0.15, 0.2) is 0 Å². The van der Waals surface area contributed by atoms with Crippen molar-refractivity contribution in [2.75, 3.05) is 24.7 Å². The molecule has 0 aliphatic rings. The number of methoxy groups -OCH3 is 1. The fourth-order valence-electron chi connectivity index (χ4n) is 1.14. The summed E-state index contributed by atoms with van der Waals surface area (Å²) in [7, 11) is 1.53. The lowest BCUT2D eigenvalue weighted by Gasteiger charge is -2.10. The Balaban J connectivity index is 2.80. The third-order valence-electron chi connectivity index (χ3n) is 1.81. The summed E-state index contributed by atoms with van der Waals surface area (Å²) in [4.78, 5) is 11.3. The predicted molar refractivity (Wildman–Crippen MR) is 60.1 cm³/mol. The Morgan fingerprint density at radius 3 is 2.87 bits per heavy atom. The van der Waals surface area contributed by atoms with Crippen molar-refractivity contribution in [2.24, 2.45) is 0 Å². The lowest BCUT2D eigenvalue weighted by molar-refractivity contribution is 0.252. The van der Waals surface area contributed by atoms with Crippen molar-refractivity contribution in [1.29, 1.82) is 0 Å². The van der Waals surface area contributed by atoms with Crippen molar-refractivity contribution in [1.82, 2.24) is 5.32 Å². The number of benzene rings is 1. The number of hydrogen-bond acceptors (Lipinski definition) is 3. The summed E-state index contributed by atoms with van der Waals surface area (Å²) in [6, 6.07) is 4.79. The molecule has 0 aliphatic heterocycles. The van der Waals surface area contributed by atoms with Gasteiger partial charge in [-0.3, -0.25) is 0 Å². The highest BCUT2D eigenvalue weighted by atomic mass is 16.5. The molecule has 0 radical (unpaired) electrons.